The van der Waals surface area contributed by atoms with Crippen molar-refractivity contribution < 1.29 is 14.6 Å². The molecule has 30 heavy (non-hydrogen) atoms. The molecule has 8 heteroatoms. The molecule has 156 valence electrons. The van der Waals surface area contributed by atoms with Crippen molar-refractivity contribution in [3.05, 3.63) is 40.9 Å². The van der Waals surface area contributed by atoms with E-state index in [2.05, 4.69) is 15.0 Å². The maximum atomic E-state index is 11.5. The molecule has 0 unspecified atom stereocenters. The summed E-state index contributed by atoms with van der Waals surface area (Å²) in [5.41, 5.74) is 2.96. The van der Waals surface area contributed by atoms with Gasteiger partial charge in [-0.25, -0.2) is 4.98 Å². The molecule has 2 N–H and O–H groups in total. The van der Waals surface area contributed by atoms with Crippen LogP contribution >= 0.6 is 11.6 Å². The number of hydrogen-bond donors (Lipinski definition) is 2. The van der Waals surface area contributed by atoms with Gasteiger partial charge in [0.05, 0.1) is 28.4 Å². The van der Waals surface area contributed by atoms with Gasteiger partial charge >= 0.3 is 0 Å². The van der Waals surface area contributed by atoms with E-state index in [0.29, 0.717) is 41.0 Å². The molecule has 3 aromatic rings. The number of nitrogens with one attached hydrogen (secondary N) is 1. The Labute approximate surface area is 179 Å². The monoisotopic (exact) mass is 426 g/mol. The normalized spacial score (nSPS) is 20.4. The number of imidazole rings is 1. The zero-order valence-electron chi connectivity index (χ0n) is 16.7. The van der Waals surface area contributed by atoms with E-state index in [-0.39, 0.29) is 12.0 Å². The van der Waals surface area contributed by atoms with Crippen LogP contribution < -0.4 is 4.74 Å². The number of carbonyl (C=O) groups excluding carboxylic acids is 1. The van der Waals surface area contributed by atoms with Crippen molar-refractivity contribution in [3.63, 3.8) is 0 Å². The van der Waals surface area contributed by atoms with Gasteiger partial charge in [0.1, 0.15) is 6.10 Å². The van der Waals surface area contributed by atoms with Gasteiger partial charge in [-0.2, -0.15) is 4.98 Å². The number of aliphatic hydroxyl groups is 1. The highest BCUT2D eigenvalue weighted by Crippen LogP contribution is 2.41. The first-order valence-corrected chi connectivity index (χ1v) is 10.6. The third-order valence-corrected chi connectivity index (χ3v) is 6.44. The summed E-state index contributed by atoms with van der Waals surface area (Å²) < 4.78 is 5.93. The van der Waals surface area contributed by atoms with Crippen LogP contribution in [0, 0.1) is 0 Å². The number of hydrogen-bond acceptors (Lipinski definition) is 5. The second-order valence-electron chi connectivity index (χ2n) is 8.19. The Balaban J connectivity index is 1.38. The fourth-order valence-electron chi connectivity index (χ4n) is 4.16. The number of benzene rings is 1. The summed E-state index contributed by atoms with van der Waals surface area (Å²) in [4.78, 5) is 25.5. The minimum atomic E-state index is -0.688. The molecule has 0 radical (unpaired) electrons. The maximum Gasteiger partial charge on any atom is 0.296 e. The highest BCUT2D eigenvalue weighted by molar-refractivity contribution is 6.33. The highest BCUT2D eigenvalue weighted by atomic mass is 35.5. The highest BCUT2D eigenvalue weighted by Gasteiger charge is 2.36. The van der Waals surface area contributed by atoms with Gasteiger partial charge in [-0.05, 0) is 30.9 Å². The van der Waals surface area contributed by atoms with Crippen molar-refractivity contribution in [2.45, 2.75) is 44.3 Å². The van der Waals surface area contributed by atoms with Crippen molar-refractivity contribution in [2.75, 3.05) is 13.1 Å². The van der Waals surface area contributed by atoms with Crippen molar-refractivity contribution >= 4 is 28.7 Å². The molecule has 1 aromatic carbocycles. The van der Waals surface area contributed by atoms with Crippen LogP contribution in [0.3, 0.4) is 0 Å². The van der Waals surface area contributed by atoms with E-state index in [4.69, 9.17) is 16.3 Å². The molecule has 0 bridgehead atoms. The lowest BCUT2D eigenvalue weighted by molar-refractivity contribution is -0.128. The average Bonchev–Trinajstić information content (AvgIpc) is 3.32. The largest absolute Gasteiger partial charge is 0.459 e. The number of ether oxygens (including phenoxy) is 1. The second kappa shape index (κ2) is 7.25. The molecule has 0 spiro atoms. The zero-order chi connectivity index (χ0) is 20.9. The quantitative estimate of drug-likeness (QED) is 0.664. The predicted molar refractivity (Wildman–Crippen MR) is 113 cm³/mol. The average molecular weight is 427 g/mol. The lowest BCUT2D eigenvalue weighted by atomic mass is 9.75. The minimum Gasteiger partial charge on any atom is -0.459 e. The fourth-order valence-corrected chi connectivity index (χ4v) is 4.42. The van der Waals surface area contributed by atoms with Crippen LogP contribution in [-0.2, 0) is 10.4 Å². The van der Waals surface area contributed by atoms with Gasteiger partial charge in [0.25, 0.3) is 6.01 Å². The van der Waals surface area contributed by atoms with Crippen molar-refractivity contribution in [1.29, 1.82) is 0 Å². The molecule has 3 heterocycles. The van der Waals surface area contributed by atoms with Crippen molar-refractivity contribution in [2.24, 2.45) is 0 Å². The van der Waals surface area contributed by atoms with Crippen LogP contribution in [-0.4, -0.2) is 50.1 Å². The number of halogens is 1. The number of rotatable bonds is 4. The van der Waals surface area contributed by atoms with Gasteiger partial charge in [-0.3, -0.25) is 4.79 Å². The Kier molecular flexibility index (Phi) is 4.67. The van der Waals surface area contributed by atoms with Crippen LogP contribution in [0.2, 0.25) is 5.02 Å². The summed E-state index contributed by atoms with van der Waals surface area (Å²) in [6.45, 7) is 2.82. The SMILES string of the molecule is CC(=O)N1CC[C@@H](Oc2nc3nc(-c4ccc(C5(O)CCC5)cc4)c(Cl)cc3[nH]2)C1. The Morgan fingerprint density at radius 2 is 2.07 bits per heavy atom. The van der Waals surface area contributed by atoms with Crippen LogP contribution in [0.25, 0.3) is 22.4 Å². The van der Waals surface area contributed by atoms with E-state index in [1.54, 1.807) is 17.9 Å². The molecule has 1 aliphatic carbocycles. The van der Waals surface area contributed by atoms with E-state index < -0.39 is 5.60 Å². The Morgan fingerprint density at radius 1 is 1.30 bits per heavy atom. The lowest BCUT2D eigenvalue weighted by Gasteiger charge is -2.37. The molecule has 2 fully saturated rings. The van der Waals surface area contributed by atoms with Gasteiger partial charge < -0.3 is 19.7 Å². The molecular formula is C22H23ClN4O3. The number of fused-ring (bicyclic) bond motifs is 1. The van der Waals surface area contributed by atoms with Crippen LogP contribution in [0.5, 0.6) is 6.01 Å². The van der Waals surface area contributed by atoms with Crippen molar-refractivity contribution in [1.82, 2.24) is 19.9 Å². The second-order valence-corrected chi connectivity index (χ2v) is 8.60. The summed E-state index contributed by atoms with van der Waals surface area (Å²) in [6.07, 6.45) is 3.35. The fraction of sp³-hybridized carbons (Fsp3) is 0.409. The Morgan fingerprint density at radius 3 is 2.70 bits per heavy atom. The van der Waals surface area contributed by atoms with E-state index in [9.17, 15) is 9.90 Å². The summed E-state index contributed by atoms with van der Waals surface area (Å²) in [6, 6.07) is 9.93. The number of aromatic nitrogens is 3. The molecule has 1 saturated carbocycles. The first-order chi connectivity index (χ1) is 14.4. The van der Waals surface area contributed by atoms with Crippen LogP contribution in [0.4, 0.5) is 0 Å². The van der Waals surface area contributed by atoms with E-state index in [0.717, 1.165) is 36.8 Å². The van der Waals surface area contributed by atoms with E-state index in [1.807, 2.05) is 24.3 Å². The molecular weight excluding hydrogens is 404 g/mol. The smallest absolute Gasteiger partial charge is 0.296 e. The number of aromatic amines is 1. The number of nitrogens with zero attached hydrogens (tertiary/aromatic N) is 3. The van der Waals surface area contributed by atoms with Crippen LogP contribution in [0.1, 0.15) is 38.2 Å². The first kappa shape index (κ1) is 19.3. The molecule has 5 rings (SSSR count). The van der Waals surface area contributed by atoms with Gasteiger partial charge in [0.2, 0.25) is 5.91 Å². The molecule has 1 aliphatic heterocycles. The molecule has 1 atom stereocenters. The third-order valence-electron chi connectivity index (χ3n) is 6.15. The van der Waals surface area contributed by atoms with E-state index >= 15 is 0 Å². The topological polar surface area (TPSA) is 91.3 Å². The Bertz CT molecular complexity index is 1110. The van der Waals surface area contributed by atoms with E-state index in [1.165, 1.54) is 0 Å². The lowest BCUT2D eigenvalue weighted by Crippen LogP contribution is -2.33. The van der Waals surface area contributed by atoms with Gasteiger partial charge in [-0.15, -0.1) is 0 Å². The molecule has 1 amide bonds. The zero-order valence-corrected chi connectivity index (χ0v) is 17.4. The molecule has 1 saturated heterocycles. The molecule has 7 nitrogen and oxygen atoms in total. The molecule has 2 aromatic heterocycles. The van der Waals surface area contributed by atoms with Gasteiger partial charge in [0, 0.05) is 25.5 Å². The first-order valence-electron chi connectivity index (χ1n) is 10.2. The minimum absolute atomic E-state index is 0.0549. The molecule has 2 aliphatic rings. The van der Waals surface area contributed by atoms with Crippen molar-refractivity contribution in [3.8, 4) is 17.3 Å². The third kappa shape index (κ3) is 3.42. The predicted octanol–water partition coefficient (Wildman–Crippen LogP) is 3.65. The summed E-state index contributed by atoms with van der Waals surface area (Å²) in [5, 5.41) is 11.0. The summed E-state index contributed by atoms with van der Waals surface area (Å²) >= 11 is 6.49. The Hall–Kier alpha value is -2.64. The number of H-pyrrole nitrogens is 1. The van der Waals surface area contributed by atoms with Crippen LogP contribution in [0.15, 0.2) is 30.3 Å². The maximum absolute atomic E-state index is 11.5. The number of carbonyl (C=O) groups is 1. The number of likely N-dealkylation sites (tertiary alicyclic amines) is 1. The standard InChI is InChI=1S/C22H23ClN4O3/c1-13(28)27-10-7-16(12-27)30-21-24-18-11-17(23)19(25-20(18)26-21)14-3-5-15(6-4-14)22(29)8-2-9-22/h3-6,11,16,29H,2,7-10,12H2,1H3,(H,24,25,26)/t16-/m1/s1. The van der Waals surface area contributed by atoms with Gasteiger partial charge in [0.15, 0.2) is 5.65 Å². The summed E-state index contributed by atoms with van der Waals surface area (Å²) in [7, 11) is 0. The number of amides is 1. The van der Waals surface area contributed by atoms with Gasteiger partial charge in [-0.1, -0.05) is 35.9 Å². The number of pyridine rings is 1. The summed E-state index contributed by atoms with van der Waals surface area (Å²) in [5.74, 6) is 0.0549.